The second-order valence-electron chi connectivity index (χ2n) is 11.8. The van der Waals surface area contributed by atoms with E-state index in [9.17, 15) is 22.8 Å². The van der Waals surface area contributed by atoms with Gasteiger partial charge in [0, 0.05) is 11.3 Å². The third kappa shape index (κ3) is 7.58. The third-order valence-corrected chi connectivity index (χ3v) is 7.95. The number of alkyl halides is 3. The van der Waals surface area contributed by atoms with Gasteiger partial charge in [0.15, 0.2) is 0 Å². The zero-order valence-corrected chi connectivity index (χ0v) is 25.6. The van der Waals surface area contributed by atoms with Gasteiger partial charge in [0.2, 0.25) is 0 Å². The first kappa shape index (κ1) is 32.1. The van der Waals surface area contributed by atoms with Gasteiger partial charge in [-0.15, -0.1) is 13.2 Å². The summed E-state index contributed by atoms with van der Waals surface area (Å²) >= 11 is 0. The molecule has 1 fully saturated rings. The lowest BCUT2D eigenvalue weighted by Crippen LogP contribution is -2.43. The van der Waals surface area contributed by atoms with Crippen molar-refractivity contribution in [2.75, 3.05) is 33.0 Å². The maximum atomic E-state index is 12.9. The molecule has 0 saturated carbocycles. The highest BCUT2D eigenvalue weighted by molar-refractivity contribution is 5.92. The van der Waals surface area contributed by atoms with Crippen LogP contribution in [-0.4, -0.2) is 51.3 Å². The summed E-state index contributed by atoms with van der Waals surface area (Å²) in [6.45, 7) is 6.99. The molecule has 0 radical (unpaired) electrons. The van der Waals surface area contributed by atoms with E-state index in [-0.39, 0.29) is 22.6 Å². The third-order valence-electron chi connectivity index (χ3n) is 7.95. The summed E-state index contributed by atoms with van der Waals surface area (Å²) in [5, 5.41) is 0. The minimum atomic E-state index is -4.83. The van der Waals surface area contributed by atoms with Crippen LogP contribution < -0.4 is 18.9 Å². The Labute approximate surface area is 268 Å². The highest BCUT2D eigenvalue weighted by atomic mass is 19.4. The van der Waals surface area contributed by atoms with E-state index in [1.54, 1.807) is 42.5 Å². The van der Waals surface area contributed by atoms with Crippen LogP contribution in [0.15, 0.2) is 84.9 Å². The number of halogens is 3. The number of carbonyl (C=O) groups excluding carboxylic acids is 2. The summed E-state index contributed by atoms with van der Waals surface area (Å²) in [5.74, 6) is -0.471. The molecule has 0 N–H and O–H groups in total. The zero-order valence-electron chi connectivity index (χ0n) is 25.6. The average molecular weight is 649 g/mol. The van der Waals surface area contributed by atoms with Crippen molar-refractivity contribution in [1.29, 1.82) is 0 Å². The van der Waals surface area contributed by atoms with Gasteiger partial charge >= 0.3 is 18.3 Å². The van der Waals surface area contributed by atoms with Crippen LogP contribution in [0.4, 0.5) is 13.2 Å². The molecule has 0 bridgehead atoms. The molecule has 0 spiro atoms. The van der Waals surface area contributed by atoms with E-state index < -0.39 is 24.1 Å². The van der Waals surface area contributed by atoms with E-state index in [1.165, 1.54) is 12.1 Å². The highest BCUT2D eigenvalue weighted by Crippen LogP contribution is 2.47. The number of ether oxygens (including phenoxy) is 6. The predicted octanol–water partition coefficient (Wildman–Crippen LogP) is 7.59. The summed E-state index contributed by atoms with van der Waals surface area (Å²) in [4.78, 5) is 25.6. The van der Waals surface area contributed by atoms with Crippen molar-refractivity contribution in [3.05, 3.63) is 107 Å². The molecule has 2 aliphatic rings. The summed E-state index contributed by atoms with van der Waals surface area (Å²) in [7, 11) is 0. The summed E-state index contributed by atoms with van der Waals surface area (Å²) in [6, 6.07) is 21.9. The molecule has 4 aromatic rings. The topological polar surface area (TPSA) is 89.5 Å². The first-order chi connectivity index (χ1) is 22.5. The Balaban J connectivity index is 1.03. The molecular weight excluding hydrogens is 617 g/mol. The van der Waals surface area contributed by atoms with E-state index in [0.717, 1.165) is 34.4 Å². The Morgan fingerprint density at radius 3 is 1.70 bits per heavy atom. The van der Waals surface area contributed by atoms with Crippen LogP contribution in [0.5, 0.6) is 23.0 Å². The summed E-state index contributed by atoms with van der Waals surface area (Å²) < 4.78 is 68.9. The Kier molecular flexibility index (Phi) is 8.94. The Morgan fingerprint density at radius 1 is 0.745 bits per heavy atom. The number of fused-ring (bicyclic) bond motifs is 3. The van der Waals surface area contributed by atoms with Crippen LogP contribution in [0.25, 0.3) is 11.1 Å². The fourth-order valence-corrected chi connectivity index (χ4v) is 5.47. The smallest absolute Gasteiger partial charge is 0.491 e. The molecule has 8 nitrogen and oxygen atoms in total. The number of hydrogen-bond acceptors (Lipinski definition) is 8. The van der Waals surface area contributed by atoms with E-state index >= 15 is 0 Å². The van der Waals surface area contributed by atoms with Crippen molar-refractivity contribution in [2.24, 2.45) is 5.41 Å². The fourth-order valence-electron chi connectivity index (χ4n) is 5.47. The first-order valence-corrected chi connectivity index (χ1v) is 14.9. The SMILES string of the molecule is CC1c2cc(OC(=O)c3ccc(OCCOCC4(C)COC4)cc3)ccc2-c2ccc(OC(=O)c3ccc(OC(F)(F)F)cc3)cc21. The molecule has 1 saturated heterocycles. The molecular formula is C36H31F3O8. The van der Waals surface area contributed by atoms with Crippen LogP contribution in [-0.2, 0) is 9.47 Å². The molecule has 1 aliphatic heterocycles. The van der Waals surface area contributed by atoms with Gasteiger partial charge in [-0.05, 0) is 95.1 Å². The van der Waals surface area contributed by atoms with Crippen LogP contribution in [0.3, 0.4) is 0 Å². The van der Waals surface area contributed by atoms with Crippen molar-refractivity contribution in [3.63, 3.8) is 0 Å². The maximum absolute atomic E-state index is 12.9. The molecule has 1 aliphatic carbocycles. The van der Waals surface area contributed by atoms with Gasteiger partial charge in [-0.1, -0.05) is 26.0 Å². The molecule has 47 heavy (non-hydrogen) atoms. The monoisotopic (exact) mass is 648 g/mol. The van der Waals surface area contributed by atoms with E-state index in [1.807, 2.05) is 25.1 Å². The molecule has 11 heteroatoms. The van der Waals surface area contributed by atoms with Crippen molar-refractivity contribution >= 4 is 11.9 Å². The fraction of sp³-hybridized carbons (Fsp3) is 0.278. The van der Waals surface area contributed by atoms with Gasteiger partial charge in [0.05, 0.1) is 37.6 Å². The molecule has 1 heterocycles. The standard InChI is InChI=1S/C36H31F3O8/c1-22-31-17-27(45-33(40)23-3-7-25(8-4-23)44-16-15-42-19-35(2)20-43-21-35)11-13-29(31)30-14-12-28(18-32(22)30)46-34(41)24-5-9-26(10-6-24)47-36(37,38)39/h3-14,17-18,22H,15-16,19-21H2,1-2H3. The molecule has 1 unspecified atom stereocenters. The Bertz CT molecular complexity index is 1760. The van der Waals surface area contributed by atoms with Crippen LogP contribution in [0.2, 0.25) is 0 Å². The van der Waals surface area contributed by atoms with Crippen LogP contribution >= 0.6 is 0 Å². The van der Waals surface area contributed by atoms with E-state index in [2.05, 4.69) is 11.7 Å². The quantitative estimate of drug-likeness (QED) is 0.0934. The summed E-state index contributed by atoms with van der Waals surface area (Å²) in [6.07, 6.45) is -4.83. The molecule has 0 amide bonds. The molecule has 0 aromatic heterocycles. The van der Waals surface area contributed by atoms with Gasteiger partial charge in [-0.3, -0.25) is 0 Å². The Morgan fingerprint density at radius 2 is 1.23 bits per heavy atom. The van der Waals surface area contributed by atoms with Crippen molar-refractivity contribution in [1.82, 2.24) is 0 Å². The number of esters is 2. The molecule has 1 atom stereocenters. The highest BCUT2D eigenvalue weighted by Gasteiger charge is 2.33. The number of carbonyl (C=O) groups is 2. The normalized spacial score (nSPS) is 16.0. The van der Waals surface area contributed by atoms with Crippen molar-refractivity contribution < 1.29 is 51.2 Å². The van der Waals surface area contributed by atoms with Crippen molar-refractivity contribution in [2.45, 2.75) is 26.1 Å². The first-order valence-electron chi connectivity index (χ1n) is 14.9. The number of hydrogen-bond donors (Lipinski definition) is 0. The Hall–Kier alpha value is -4.87. The van der Waals surface area contributed by atoms with Gasteiger partial charge in [0.25, 0.3) is 0 Å². The van der Waals surface area contributed by atoms with Gasteiger partial charge in [0.1, 0.15) is 29.6 Å². The molecule has 6 rings (SSSR count). The minimum Gasteiger partial charge on any atom is -0.491 e. The molecule has 4 aromatic carbocycles. The van der Waals surface area contributed by atoms with Gasteiger partial charge in [-0.25, -0.2) is 9.59 Å². The lowest BCUT2D eigenvalue weighted by molar-refractivity contribution is -0.274. The second kappa shape index (κ2) is 13.1. The predicted molar refractivity (Wildman–Crippen MR) is 164 cm³/mol. The maximum Gasteiger partial charge on any atom is 0.573 e. The summed E-state index contributed by atoms with van der Waals surface area (Å²) in [5.41, 5.74) is 4.30. The van der Waals surface area contributed by atoms with E-state index in [4.69, 9.17) is 23.7 Å². The van der Waals surface area contributed by atoms with Crippen LogP contribution in [0.1, 0.15) is 51.6 Å². The molecule has 244 valence electrons. The lowest BCUT2D eigenvalue weighted by atomic mass is 9.90. The number of benzene rings is 4. The largest absolute Gasteiger partial charge is 0.573 e. The minimum absolute atomic E-state index is 0.0693. The second-order valence-corrected chi connectivity index (χ2v) is 11.8. The van der Waals surface area contributed by atoms with Gasteiger partial charge in [-0.2, -0.15) is 0 Å². The van der Waals surface area contributed by atoms with Crippen LogP contribution in [0, 0.1) is 5.41 Å². The van der Waals surface area contributed by atoms with Gasteiger partial charge < -0.3 is 28.4 Å². The average Bonchev–Trinajstić information content (AvgIpc) is 3.30. The lowest BCUT2D eigenvalue weighted by Gasteiger charge is -2.37. The van der Waals surface area contributed by atoms with Crippen molar-refractivity contribution in [3.8, 4) is 34.1 Å². The zero-order chi connectivity index (χ0) is 33.2. The van der Waals surface area contributed by atoms with E-state index in [0.29, 0.717) is 50.1 Å². The number of rotatable bonds is 11.